The Morgan fingerprint density at radius 3 is 2.64 bits per heavy atom. The molecule has 1 aliphatic rings. The first-order valence-electron chi connectivity index (χ1n) is 4.32. The highest BCUT2D eigenvalue weighted by Crippen LogP contribution is 2.53. The maximum atomic E-state index is 11.8. The third-order valence-corrected chi connectivity index (χ3v) is 5.07. The van der Waals surface area contributed by atoms with E-state index in [9.17, 15) is 4.57 Å². The molecule has 3 atom stereocenters. The van der Waals surface area contributed by atoms with Crippen LogP contribution in [-0.4, -0.2) is 18.4 Å². The van der Waals surface area contributed by atoms with Gasteiger partial charge in [-0.3, -0.25) is 4.57 Å². The summed E-state index contributed by atoms with van der Waals surface area (Å²) in [7, 11) is -2.21. The zero-order chi connectivity index (χ0) is 8.48. The van der Waals surface area contributed by atoms with Gasteiger partial charge in [-0.15, -0.1) is 0 Å². The van der Waals surface area contributed by atoms with Gasteiger partial charge >= 0.3 is 0 Å². The van der Waals surface area contributed by atoms with Crippen LogP contribution in [0.5, 0.6) is 0 Å². The average molecular weight is 176 g/mol. The molecule has 0 radical (unpaired) electrons. The van der Waals surface area contributed by atoms with Crippen LogP contribution in [0, 0.1) is 5.92 Å². The summed E-state index contributed by atoms with van der Waals surface area (Å²) in [6, 6.07) is 0. The van der Waals surface area contributed by atoms with E-state index in [1.807, 2.05) is 13.8 Å². The van der Waals surface area contributed by atoms with Gasteiger partial charge in [0.15, 0.2) is 0 Å². The van der Waals surface area contributed by atoms with E-state index >= 15 is 0 Å². The van der Waals surface area contributed by atoms with Crippen LogP contribution in [0.15, 0.2) is 0 Å². The molecule has 0 aromatic carbocycles. The van der Waals surface area contributed by atoms with E-state index in [1.54, 1.807) is 0 Å². The summed E-state index contributed by atoms with van der Waals surface area (Å²) in [4.78, 5) is 0. The summed E-state index contributed by atoms with van der Waals surface area (Å²) in [5, 5.41) is 0. The summed E-state index contributed by atoms with van der Waals surface area (Å²) in [6.07, 6.45) is 2.74. The van der Waals surface area contributed by atoms with Crippen LogP contribution >= 0.6 is 7.37 Å². The number of hydrogen-bond donors (Lipinski definition) is 0. The van der Waals surface area contributed by atoms with Crippen molar-refractivity contribution in [1.82, 2.24) is 0 Å². The molecule has 0 aromatic rings. The van der Waals surface area contributed by atoms with Gasteiger partial charge in [0.2, 0.25) is 7.37 Å². The van der Waals surface area contributed by atoms with Gasteiger partial charge < -0.3 is 4.52 Å². The molecule has 1 rings (SSSR count). The predicted molar refractivity (Wildman–Crippen MR) is 47.3 cm³/mol. The van der Waals surface area contributed by atoms with Crippen molar-refractivity contribution in [2.45, 2.75) is 33.3 Å². The molecule has 1 aliphatic heterocycles. The van der Waals surface area contributed by atoms with E-state index in [4.69, 9.17) is 4.52 Å². The maximum absolute atomic E-state index is 11.8. The van der Waals surface area contributed by atoms with E-state index < -0.39 is 7.37 Å². The molecule has 0 saturated carbocycles. The second-order valence-corrected chi connectivity index (χ2v) is 6.41. The van der Waals surface area contributed by atoms with E-state index in [-0.39, 0.29) is 6.10 Å². The zero-order valence-corrected chi connectivity index (χ0v) is 8.43. The second-order valence-electron chi connectivity index (χ2n) is 3.57. The lowest BCUT2D eigenvalue weighted by Crippen LogP contribution is -2.22. The van der Waals surface area contributed by atoms with Gasteiger partial charge in [0.05, 0.1) is 6.10 Å². The fourth-order valence-corrected chi connectivity index (χ4v) is 4.07. The molecular formula is C8H17O2P. The highest BCUT2D eigenvalue weighted by Gasteiger charge is 2.31. The van der Waals surface area contributed by atoms with Crippen LogP contribution in [0.25, 0.3) is 0 Å². The van der Waals surface area contributed by atoms with Crippen molar-refractivity contribution < 1.29 is 9.09 Å². The Morgan fingerprint density at radius 1 is 1.55 bits per heavy atom. The van der Waals surface area contributed by atoms with E-state index in [1.165, 1.54) is 0 Å². The average Bonchev–Trinajstić information content (AvgIpc) is 1.84. The number of hydrogen-bond acceptors (Lipinski definition) is 2. The van der Waals surface area contributed by atoms with Crippen LogP contribution in [0.3, 0.4) is 0 Å². The summed E-state index contributed by atoms with van der Waals surface area (Å²) >= 11 is 0. The summed E-state index contributed by atoms with van der Waals surface area (Å²) in [6.45, 7) is 6.12. The molecule has 0 aromatic heterocycles. The molecule has 3 heteroatoms. The molecule has 0 aliphatic carbocycles. The molecule has 0 amide bonds. The third-order valence-electron chi connectivity index (χ3n) is 2.18. The first kappa shape index (κ1) is 9.28. The fraction of sp³-hybridized carbons (Fsp3) is 1.00. The Kier molecular flexibility index (Phi) is 2.77. The highest BCUT2D eigenvalue weighted by molar-refractivity contribution is 7.59. The van der Waals surface area contributed by atoms with Crippen molar-refractivity contribution in [3.63, 3.8) is 0 Å². The SMILES string of the molecule is CCP1(=O)CC(C)CC(C)O1. The smallest absolute Gasteiger partial charge is 0.203 e. The largest absolute Gasteiger partial charge is 0.325 e. The Morgan fingerprint density at radius 2 is 2.18 bits per heavy atom. The molecule has 11 heavy (non-hydrogen) atoms. The van der Waals surface area contributed by atoms with Crippen LogP contribution in [-0.2, 0) is 9.09 Å². The van der Waals surface area contributed by atoms with Gasteiger partial charge in [0.25, 0.3) is 0 Å². The first-order valence-corrected chi connectivity index (χ1v) is 6.32. The minimum absolute atomic E-state index is 0.199. The quantitative estimate of drug-likeness (QED) is 0.574. The molecule has 0 bridgehead atoms. The van der Waals surface area contributed by atoms with Crippen molar-refractivity contribution in [1.29, 1.82) is 0 Å². The molecule has 1 heterocycles. The van der Waals surface area contributed by atoms with Crippen LogP contribution < -0.4 is 0 Å². The summed E-state index contributed by atoms with van der Waals surface area (Å²) in [5.74, 6) is 0.574. The lowest BCUT2D eigenvalue weighted by molar-refractivity contribution is 0.172. The predicted octanol–water partition coefficient (Wildman–Crippen LogP) is 2.73. The molecule has 1 fully saturated rings. The summed E-state index contributed by atoms with van der Waals surface area (Å²) in [5.41, 5.74) is 0. The second kappa shape index (κ2) is 3.28. The lowest BCUT2D eigenvalue weighted by atomic mass is 10.1. The Bertz CT molecular complexity index is 165. The van der Waals surface area contributed by atoms with Gasteiger partial charge in [-0.2, -0.15) is 0 Å². The Labute approximate surface area is 68.8 Å². The van der Waals surface area contributed by atoms with Crippen LogP contribution in [0.2, 0.25) is 0 Å². The molecule has 0 N–H and O–H groups in total. The normalized spacial score (nSPS) is 45.7. The Hall–Kier alpha value is 0.190. The number of rotatable bonds is 1. The highest BCUT2D eigenvalue weighted by atomic mass is 31.2. The fourth-order valence-electron chi connectivity index (χ4n) is 1.73. The van der Waals surface area contributed by atoms with Crippen molar-refractivity contribution in [3.8, 4) is 0 Å². The van der Waals surface area contributed by atoms with Gasteiger partial charge in [-0.25, -0.2) is 0 Å². The van der Waals surface area contributed by atoms with Crippen molar-refractivity contribution >= 4 is 7.37 Å². The van der Waals surface area contributed by atoms with Gasteiger partial charge in [-0.1, -0.05) is 13.8 Å². The third kappa shape index (κ3) is 2.31. The van der Waals surface area contributed by atoms with Gasteiger partial charge in [-0.05, 0) is 19.3 Å². The zero-order valence-electron chi connectivity index (χ0n) is 7.54. The van der Waals surface area contributed by atoms with Crippen molar-refractivity contribution in [2.75, 3.05) is 12.3 Å². The minimum atomic E-state index is -2.21. The summed E-state index contributed by atoms with van der Waals surface area (Å²) < 4.78 is 17.2. The molecule has 1 saturated heterocycles. The topological polar surface area (TPSA) is 26.3 Å². The van der Waals surface area contributed by atoms with Gasteiger partial charge in [0.1, 0.15) is 0 Å². The molecule has 2 nitrogen and oxygen atoms in total. The standard InChI is InChI=1S/C8H17O2P/c1-4-11(9)6-7(2)5-8(3)10-11/h7-8H,4-6H2,1-3H3. The molecule has 0 spiro atoms. The minimum Gasteiger partial charge on any atom is -0.325 e. The monoisotopic (exact) mass is 176 g/mol. The lowest BCUT2D eigenvalue weighted by Gasteiger charge is -2.31. The molecule has 66 valence electrons. The molecule has 3 unspecified atom stereocenters. The molecular weight excluding hydrogens is 159 g/mol. The Balaban J connectivity index is 2.63. The first-order chi connectivity index (χ1) is 5.06. The van der Waals surface area contributed by atoms with E-state index in [0.29, 0.717) is 12.1 Å². The van der Waals surface area contributed by atoms with E-state index in [0.717, 1.165) is 12.6 Å². The maximum Gasteiger partial charge on any atom is 0.203 e. The van der Waals surface area contributed by atoms with Crippen molar-refractivity contribution in [3.05, 3.63) is 0 Å². The van der Waals surface area contributed by atoms with Crippen LogP contribution in [0.4, 0.5) is 0 Å². The van der Waals surface area contributed by atoms with E-state index in [2.05, 4.69) is 6.92 Å². The van der Waals surface area contributed by atoms with Crippen LogP contribution in [0.1, 0.15) is 27.2 Å². The van der Waals surface area contributed by atoms with Crippen molar-refractivity contribution in [2.24, 2.45) is 5.92 Å². The van der Waals surface area contributed by atoms with Gasteiger partial charge in [0, 0.05) is 12.3 Å².